The Hall–Kier alpha value is -1.02. The second-order valence-corrected chi connectivity index (χ2v) is 5.68. The van der Waals surface area contributed by atoms with Crippen molar-refractivity contribution in [3.63, 3.8) is 0 Å². The maximum Gasteiger partial charge on any atom is 0.223 e. The van der Waals surface area contributed by atoms with Gasteiger partial charge >= 0.3 is 0 Å². The fraction of sp³-hybridized carbons (Fsp3) is 0.533. The molecule has 1 amide bonds. The zero-order valence-electron chi connectivity index (χ0n) is 11.0. The van der Waals surface area contributed by atoms with Crippen LogP contribution < -0.4 is 0 Å². The van der Waals surface area contributed by atoms with E-state index in [1.807, 2.05) is 23.1 Å². The molecule has 2 rings (SSSR count). The molecule has 1 aromatic carbocycles. The number of amides is 1. The van der Waals surface area contributed by atoms with E-state index in [1.54, 1.807) is 0 Å². The number of nitrogens with zero attached hydrogens (tertiary/aromatic N) is 1. The summed E-state index contributed by atoms with van der Waals surface area (Å²) in [6, 6.07) is 10.5. The number of hydrogen-bond acceptors (Lipinski definition) is 1. The molecule has 0 bridgehead atoms. The highest BCUT2D eigenvalue weighted by atomic mass is 35.5. The van der Waals surface area contributed by atoms with Crippen LogP contribution in [0.3, 0.4) is 0 Å². The highest BCUT2D eigenvalue weighted by molar-refractivity contribution is 6.18. The van der Waals surface area contributed by atoms with Crippen LogP contribution in [0.15, 0.2) is 30.3 Å². The number of rotatable bonds is 4. The van der Waals surface area contributed by atoms with Crippen LogP contribution in [-0.4, -0.2) is 23.2 Å². The average molecular weight is 266 g/mol. The van der Waals surface area contributed by atoms with Gasteiger partial charge < -0.3 is 4.90 Å². The summed E-state index contributed by atoms with van der Waals surface area (Å²) >= 11 is 5.89. The van der Waals surface area contributed by atoms with Crippen molar-refractivity contribution in [2.24, 2.45) is 11.8 Å². The van der Waals surface area contributed by atoms with E-state index >= 15 is 0 Å². The molecule has 1 heterocycles. The van der Waals surface area contributed by atoms with Crippen molar-refractivity contribution in [1.82, 2.24) is 4.90 Å². The Kier molecular flexibility index (Phi) is 4.28. The maximum atomic E-state index is 12.1. The van der Waals surface area contributed by atoms with E-state index in [1.165, 1.54) is 5.56 Å². The monoisotopic (exact) mass is 265 g/mol. The summed E-state index contributed by atoms with van der Waals surface area (Å²) in [4.78, 5) is 14.1. The largest absolute Gasteiger partial charge is 0.335 e. The predicted octanol–water partition coefficient (Wildman–Crippen LogP) is 3.47. The Morgan fingerprint density at radius 3 is 2.50 bits per heavy atom. The molecule has 0 spiro atoms. The molecule has 18 heavy (non-hydrogen) atoms. The quantitative estimate of drug-likeness (QED) is 0.764. The van der Waals surface area contributed by atoms with Gasteiger partial charge in [0.05, 0.1) is 6.04 Å². The van der Waals surface area contributed by atoms with Gasteiger partial charge in [-0.25, -0.2) is 0 Å². The molecule has 1 aliphatic heterocycles. The van der Waals surface area contributed by atoms with E-state index in [0.717, 1.165) is 6.54 Å². The molecule has 3 heteroatoms. The first-order valence-corrected chi connectivity index (χ1v) is 7.07. The van der Waals surface area contributed by atoms with Gasteiger partial charge in [-0.2, -0.15) is 0 Å². The highest BCUT2D eigenvalue weighted by Crippen LogP contribution is 2.34. The Bertz CT molecular complexity index is 404. The number of benzene rings is 1. The smallest absolute Gasteiger partial charge is 0.223 e. The fourth-order valence-electron chi connectivity index (χ4n) is 2.76. The standard InChI is InChI=1S/C15H20ClNO/c1-11(2)15(13-6-4-3-5-7-13)17-10-12(9-16)8-14(17)18/h3-7,11-12,15H,8-10H2,1-2H3. The summed E-state index contributed by atoms with van der Waals surface area (Å²) in [5.41, 5.74) is 1.22. The summed E-state index contributed by atoms with van der Waals surface area (Å²) in [6.45, 7) is 5.12. The van der Waals surface area contributed by atoms with Crippen molar-refractivity contribution < 1.29 is 4.79 Å². The summed E-state index contributed by atoms with van der Waals surface area (Å²) in [6.07, 6.45) is 0.597. The van der Waals surface area contributed by atoms with E-state index in [4.69, 9.17) is 11.6 Å². The predicted molar refractivity (Wildman–Crippen MR) is 74.6 cm³/mol. The van der Waals surface area contributed by atoms with E-state index in [-0.39, 0.29) is 11.9 Å². The summed E-state index contributed by atoms with van der Waals surface area (Å²) < 4.78 is 0. The summed E-state index contributed by atoms with van der Waals surface area (Å²) in [5, 5.41) is 0. The van der Waals surface area contributed by atoms with Crippen LogP contribution in [-0.2, 0) is 4.79 Å². The Morgan fingerprint density at radius 2 is 2.00 bits per heavy atom. The van der Waals surface area contributed by atoms with Crippen molar-refractivity contribution in [3.8, 4) is 0 Å². The lowest BCUT2D eigenvalue weighted by Gasteiger charge is -2.31. The fourth-order valence-corrected chi connectivity index (χ4v) is 2.96. The lowest BCUT2D eigenvalue weighted by Crippen LogP contribution is -2.33. The van der Waals surface area contributed by atoms with Crippen LogP contribution in [0.5, 0.6) is 0 Å². The minimum atomic E-state index is 0.173. The molecule has 0 radical (unpaired) electrons. The number of carbonyl (C=O) groups is 1. The SMILES string of the molecule is CC(C)C(c1ccccc1)N1CC(CCl)CC1=O. The Labute approximate surface area is 114 Å². The van der Waals surface area contributed by atoms with Gasteiger partial charge in [0.25, 0.3) is 0 Å². The lowest BCUT2D eigenvalue weighted by molar-refractivity contribution is -0.130. The summed E-state index contributed by atoms with van der Waals surface area (Å²) in [5.74, 6) is 1.53. The highest BCUT2D eigenvalue weighted by Gasteiger charge is 2.35. The number of alkyl halides is 1. The minimum absolute atomic E-state index is 0.173. The molecule has 2 nitrogen and oxygen atoms in total. The average Bonchev–Trinajstić information content (AvgIpc) is 2.72. The van der Waals surface area contributed by atoms with E-state index in [9.17, 15) is 4.79 Å². The van der Waals surface area contributed by atoms with Crippen molar-refractivity contribution in [2.45, 2.75) is 26.3 Å². The molecule has 98 valence electrons. The molecule has 0 aromatic heterocycles. The van der Waals surface area contributed by atoms with E-state index in [0.29, 0.717) is 24.1 Å². The molecule has 1 fully saturated rings. The molecule has 1 aliphatic rings. The van der Waals surface area contributed by atoms with Gasteiger partial charge in [-0.1, -0.05) is 44.2 Å². The summed E-state index contributed by atoms with van der Waals surface area (Å²) in [7, 11) is 0. The molecule has 1 aromatic rings. The molecule has 2 unspecified atom stereocenters. The molecule has 0 saturated carbocycles. The van der Waals surface area contributed by atoms with Crippen molar-refractivity contribution >= 4 is 17.5 Å². The van der Waals surface area contributed by atoms with Crippen LogP contribution in [0.4, 0.5) is 0 Å². The topological polar surface area (TPSA) is 20.3 Å². The van der Waals surface area contributed by atoms with E-state index < -0.39 is 0 Å². The first kappa shape index (κ1) is 13.4. The molecule has 2 atom stereocenters. The molecule has 0 aliphatic carbocycles. The van der Waals surface area contributed by atoms with Crippen LogP contribution in [0.2, 0.25) is 0 Å². The molecule has 0 N–H and O–H groups in total. The van der Waals surface area contributed by atoms with Gasteiger partial charge in [0.2, 0.25) is 5.91 Å². The Balaban J connectivity index is 2.24. The zero-order valence-corrected chi connectivity index (χ0v) is 11.7. The van der Waals surface area contributed by atoms with Crippen LogP contribution in [0.25, 0.3) is 0 Å². The third kappa shape index (κ3) is 2.69. The van der Waals surface area contributed by atoms with Gasteiger partial charge in [-0.05, 0) is 17.4 Å². The van der Waals surface area contributed by atoms with Crippen molar-refractivity contribution in [2.75, 3.05) is 12.4 Å². The van der Waals surface area contributed by atoms with Gasteiger partial charge in [-0.15, -0.1) is 11.6 Å². The Morgan fingerprint density at radius 1 is 1.33 bits per heavy atom. The second kappa shape index (κ2) is 5.75. The van der Waals surface area contributed by atoms with Crippen molar-refractivity contribution in [1.29, 1.82) is 0 Å². The zero-order chi connectivity index (χ0) is 13.1. The first-order valence-electron chi connectivity index (χ1n) is 6.54. The number of hydrogen-bond donors (Lipinski definition) is 0. The van der Waals surface area contributed by atoms with Gasteiger partial charge in [0.1, 0.15) is 0 Å². The molecular weight excluding hydrogens is 246 g/mol. The van der Waals surface area contributed by atoms with Crippen LogP contribution >= 0.6 is 11.6 Å². The van der Waals surface area contributed by atoms with Crippen LogP contribution in [0.1, 0.15) is 31.9 Å². The molecular formula is C15H20ClNO. The first-order chi connectivity index (χ1) is 8.63. The van der Waals surface area contributed by atoms with Gasteiger partial charge in [0, 0.05) is 18.8 Å². The number of halogens is 1. The normalized spacial score (nSPS) is 21.7. The number of likely N-dealkylation sites (tertiary alicyclic amines) is 1. The van der Waals surface area contributed by atoms with E-state index in [2.05, 4.69) is 26.0 Å². The third-order valence-electron chi connectivity index (χ3n) is 3.57. The maximum absolute atomic E-state index is 12.1. The third-order valence-corrected chi connectivity index (χ3v) is 4.00. The van der Waals surface area contributed by atoms with Crippen molar-refractivity contribution in [3.05, 3.63) is 35.9 Å². The van der Waals surface area contributed by atoms with Crippen LogP contribution in [0, 0.1) is 11.8 Å². The van der Waals surface area contributed by atoms with Gasteiger partial charge in [-0.3, -0.25) is 4.79 Å². The molecule has 1 saturated heterocycles. The van der Waals surface area contributed by atoms with Gasteiger partial charge in [0.15, 0.2) is 0 Å². The lowest BCUT2D eigenvalue weighted by atomic mass is 9.94. The number of carbonyl (C=O) groups excluding carboxylic acids is 1. The minimum Gasteiger partial charge on any atom is -0.335 e. The second-order valence-electron chi connectivity index (χ2n) is 5.37.